The molecule has 1 amide bonds. The minimum absolute atomic E-state index is 0.0927. The molecule has 0 aliphatic rings. The molecule has 0 bridgehead atoms. The number of benzene rings is 2. The molecule has 2 aromatic rings. The van der Waals surface area contributed by atoms with Crippen LogP contribution in [0.1, 0.15) is 25.0 Å². The molecule has 2 N–H and O–H groups in total. The van der Waals surface area contributed by atoms with Crippen molar-refractivity contribution in [3.05, 3.63) is 53.6 Å². The van der Waals surface area contributed by atoms with E-state index in [0.717, 1.165) is 11.3 Å². The molecule has 0 radical (unpaired) electrons. The van der Waals surface area contributed by atoms with Crippen LogP contribution in [0, 0.1) is 13.8 Å². The Balaban J connectivity index is 2.12. The summed E-state index contributed by atoms with van der Waals surface area (Å²) in [5.41, 5.74) is 3.07. The molecule has 0 aromatic heterocycles. The van der Waals surface area contributed by atoms with Crippen molar-refractivity contribution < 1.29 is 13.2 Å². The molecule has 0 heterocycles. The Bertz CT molecular complexity index is 906. The van der Waals surface area contributed by atoms with Gasteiger partial charge in [-0.3, -0.25) is 4.79 Å². The SMILES string of the molecule is CCN(CC)S(=O)(=O)c1cc(NC(=O)CNc2cccc(C)c2)ccc1C. The number of anilines is 2. The van der Waals surface area contributed by atoms with Crippen LogP contribution in [0.25, 0.3) is 0 Å². The quantitative estimate of drug-likeness (QED) is 0.725. The molecule has 0 unspecified atom stereocenters. The molecular weight excluding hydrogens is 362 g/mol. The Hall–Kier alpha value is -2.38. The van der Waals surface area contributed by atoms with Crippen LogP contribution in [0.2, 0.25) is 0 Å². The first-order chi connectivity index (χ1) is 12.8. The second-order valence-corrected chi connectivity index (χ2v) is 8.25. The summed E-state index contributed by atoms with van der Waals surface area (Å²) in [6.45, 7) is 8.23. The standard InChI is InChI=1S/C20H27N3O3S/c1-5-23(6-2)27(25,26)19-13-18(11-10-16(19)4)22-20(24)14-21-17-9-7-8-15(3)12-17/h7-13,21H,5-6,14H2,1-4H3,(H,22,24). The van der Waals surface area contributed by atoms with Gasteiger partial charge in [0, 0.05) is 24.5 Å². The van der Waals surface area contributed by atoms with Crippen LogP contribution in [0.5, 0.6) is 0 Å². The van der Waals surface area contributed by atoms with Gasteiger partial charge in [-0.05, 0) is 49.2 Å². The monoisotopic (exact) mass is 389 g/mol. The van der Waals surface area contributed by atoms with Crippen molar-refractivity contribution in [2.45, 2.75) is 32.6 Å². The van der Waals surface area contributed by atoms with Gasteiger partial charge in [-0.25, -0.2) is 8.42 Å². The molecule has 7 heteroatoms. The maximum Gasteiger partial charge on any atom is 0.243 e. The van der Waals surface area contributed by atoms with Crippen molar-refractivity contribution >= 4 is 27.3 Å². The number of amides is 1. The fraction of sp³-hybridized carbons (Fsp3) is 0.350. The zero-order valence-electron chi connectivity index (χ0n) is 16.2. The van der Waals surface area contributed by atoms with E-state index in [9.17, 15) is 13.2 Å². The van der Waals surface area contributed by atoms with Crippen molar-refractivity contribution in [3.8, 4) is 0 Å². The van der Waals surface area contributed by atoms with Crippen LogP contribution >= 0.6 is 0 Å². The highest BCUT2D eigenvalue weighted by molar-refractivity contribution is 7.89. The maximum atomic E-state index is 12.8. The number of nitrogens with one attached hydrogen (secondary N) is 2. The molecule has 146 valence electrons. The Morgan fingerprint density at radius 3 is 2.33 bits per heavy atom. The lowest BCUT2D eigenvalue weighted by molar-refractivity contribution is -0.114. The molecule has 0 aliphatic heterocycles. The minimum Gasteiger partial charge on any atom is -0.376 e. The van der Waals surface area contributed by atoms with E-state index >= 15 is 0 Å². The fourth-order valence-electron chi connectivity index (χ4n) is 2.80. The van der Waals surface area contributed by atoms with E-state index < -0.39 is 10.0 Å². The smallest absolute Gasteiger partial charge is 0.243 e. The van der Waals surface area contributed by atoms with Gasteiger partial charge in [0.2, 0.25) is 15.9 Å². The highest BCUT2D eigenvalue weighted by atomic mass is 32.2. The summed E-state index contributed by atoms with van der Waals surface area (Å²) in [6, 6.07) is 12.7. The van der Waals surface area contributed by atoms with Gasteiger partial charge in [0.25, 0.3) is 0 Å². The van der Waals surface area contributed by atoms with Gasteiger partial charge in [0.1, 0.15) is 0 Å². The van der Waals surface area contributed by atoms with Crippen LogP contribution in [0.15, 0.2) is 47.4 Å². The first-order valence-electron chi connectivity index (χ1n) is 8.99. The van der Waals surface area contributed by atoms with E-state index in [-0.39, 0.29) is 17.3 Å². The summed E-state index contributed by atoms with van der Waals surface area (Å²) in [5, 5.41) is 5.82. The first-order valence-corrected chi connectivity index (χ1v) is 10.4. The number of hydrogen-bond donors (Lipinski definition) is 2. The van der Waals surface area contributed by atoms with E-state index in [2.05, 4.69) is 10.6 Å². The van der Waals surface area contributed by atoms with Crippen molar-refractivity contribution in [2.24, 2.45) is 0 Å². The summed E-state index contributed by atoms with van der Waals surface area (Å²) < 4.78 is 27.0. The summed E-state index contributed by atoms with van der Waals surface area (Å²) in [5.74, 6) is -0.244. The average molecular weight is 390 g/mol. The second kappa shape index (κ2) is 9.01. The van der Waals surface area contributed by atoms with E-state index in [1.54, 1.807) is 32.9 Å². The maximum absolute atomic E-state index is 12.8. The molecule has 2 rings (SSSR count). The van der Waals surface area contributed by atoms with E-state index in [4.69, 9.17) is 0 Å². The number of aryl methyl sites for hydroxylation is 2. The molecule has 2 aromatic carbocycles. The van der Waals surface area contributed by atoms with Crippen LogP contribution in [0.4, 0.5) is 11.4 Å². The van der Waals surface area contributed by atoms with Crippen molar-refractivity contribution in [1.82, 2.24) is 4.31 Å². The highest BCUT2D eigenvalue weighted by Gasteiger charge is 2.24. The van der Waals surface area contributed by atoms with Gasteiger partial charge in [-0.2, -0.15) is 4.31 Å². The van der Waals surface area contributed by atoms with Crippen LogP contribution in [-0.2, 0) is 14.8 Å². The molecule has 0 saturated carbocycles. The lowest BCUT2D eigenvalue weighted by atomic mass is 10.2. The number of carbonyl (C=O) groups excluding carboxylic acids is 1. The summed E-state index contributed by atoms with van der Waals surface area (Å²) >= 11 is 0. The van der Waals surface area contributed by atoms with Crippen LogP contribution in [-0.4, -0.2) is 38.3 Å². The predicted octanol–water partition coefficient (Wildman–Crippen LogP) is 3.38. The molecular formula is C20H27N3O3S. The molecule has 6 nitrogen and oxygen atoms in total. The predicted molar refractivity (Wildman–Crippen MR) is 110 cm³/mol. The zero-order chi connectivity index (χ0) is 20.0. The van der Waals surface area contributed by atoms with E-state index in [1.165, 1.54) is 10.4 Å². The normalized spacial score (nSPS) is 11.4. The largest absolute Gasteiger partial charge is 0.376 e. The molecule has 0 saturated heterocycles. The lowest BCUT2D eigenvalue weighted by Crippen LogP contribution is -2.31. The Morgan fingerprint density at radius 2 is 1.70 bits per heavy atom. The fourth-order valence-corrected chi connectivity index (χ4v) is 4.51. The Morgan fingerprint density at radius 1 is 1.00 bits per heavy atom. The third-order valence-corrected chi connectivity index (χ3v) is 6.46. The van der Waals surface area contributed by atoms with Crippen molar-refractivity contribution in [3.63, 3.8) is 0 Å². The topological polar surface area (TPSA) is 78.5 Å². The molecule has 27 heavy (non-hydrogen) atoms. The van der Waals surface area contributed by atoms with Gasteiger partial charge in [-0.1, -0.05) is 32.0 Å². The Kier molecular flexibility index (Phi) is 6.98. The number of rotatable bonds is 8. The molecule has 0 fully saturated rings. The zero-order valence-corrected chi connectivity index (χ0v) is 17.1. The molecule has 0 atom stereocenters. The van der Waals surface area contributed by atoms with Crippen LogP contribution < -0.4 is 10.6 Å². The van der Waals surface area contributed by atoms with Crippen molar-refractivity contribution in [1.29, 1.82) is 0 Å². The number of hydrogen-bond acceptors (Lipinski definition) is 4. The van der Waals surface area contributed by atoms with Crippen LogP contribution in [0.3, 0.4) is 0 Å². The number of carbonyl (C=O) groups is 1. The van der Waals surface area contributed by atoms with Gasteiger partial charge in [-0.15, -0.1) is 0 Å². The van der Waals surface area contributed by atoms with Gasteiger partial charge in [0.15, 0.2) is 0 Å². The van der Waals surface area contributed by atoms with E-state index in [1.807, 2.05) is 31.2 Å². The van der Waals surface area contributed by atoms with Gasteiger partial charge < -0.3 is 10.6 Å². The molecule has 0 spiro atoms. The third kappa shape index (κ3) is 5.30. The highest BCUT2D eigenvalue weighted by Crippen LogP contribution is 2.23. The second-order valence-electron chi connectivity index (χ2n) is 6.34. The van der Waals surface area contributed by atoms with Gasteiger partial charge in [0.05, 0.1) is 11.4 Å². The first kappa shape index (κ1) is 20.9. The lowest BCUT2D eigenvalue weighted by Gasteiger charge is -2.20. The minimum atomic E-state index is -3.58. The number of nitrogens with zero attached hydrogens (tertiary/aromatic N) is 1. The Labute approximate surface area is 161 Å². The van der Waals surface area contributed by atoms with Crippen molar-refractivity contribution in [2.75, 3.05) is 30.3 Å². The molecule has 0 aliphatic carbocycles. The van der Waals surface area contributed by atoms with E-state index in [0.29, 0.717) is 24.3 Å². The summed E-state index contributed by atoms with van der Waals surface area (Å²) in [4.78, 5) is 12.4. The third-order valence-electron chi connectivity index (χ3n) is 4.27. The summed E-state index contributed by atoms with van der Waals surface area (Å²) in [7, 11) is -3.58. The summed E-state index contributed by atoms with van der Waals surface area (Å²) in [6.07, 6.45) is 0. The average Bonchev–Trinajstić information content (AvgIpc) is 2.62. The van der Waals surface area contributed by atoms with Gasteiger partial charge >= 0.3 is 0 Å². The number of sulfonamides is 1.